The quantitative estimate of drug-likeness (QED) is 0.255. The Morgan fingerprint density at radius 2 is 1.88 bits per heavy atom. The summed E-state index contributed by atoms with van der Waals surface area (Å²) in [7, 11) is 0. The molecule has 0 bridgehead atoms. The summed E-state index contributed by atoms with van der Waals surface area (Å²) < 4.78 is 30.8. The maximum Gasteiger partial charge on any atom is 0.345 e. The molecule has 0 radical (unpaired) electrons. The molecule has 9 heteroatoms. The third kappa shape index (κ3) is 4.38. The first-order valence-corrected chi connectivity index (χ1v) is 8.03. The van der Waals surface area contributed by atoms with Gasteiger partial charge in [0.1, 0.15) is 5.56 Å². The van der Waals surface area contributed by atoms with Crippen LogP contribution in [-0.4, -0.2) is 29.5 Å². The predicted octanol–water partition coefficient (Wildman–Crippen LogP) is 3.63. The Labute approximate surface area is 144 Å². The molecule has 0 atom stereocenters. The van der Waals surface area contributed by atoms with Crippen LogP contribution in [0, 0.1) is 21.7 Å². The molecule has 6 nitrogen and oxygen atoms in total. The highest BCUT2D eigenvalue weighted by Gasteiger charge is 2.23. The zero-order valence-electron chi connectivity index (χ0n) is 12.8. The van der Waals surface area contributed by atoms with Crippen molar-refractivity contribution in [2.24, 2.45) is 0 Å². The van der Waals surface area contributed by atoms with E-state index in [0.717, 1.165) is 12.1 Å². The van der Waals surface area contributed by atoms with Crippen LogP contribution in [-0.2, 0) is 4.74 Å². The number of hydrogen-bond donors (Lipinski definition) is 0. The Morgan fingerprint density at radius 1 is 1.16 bits per heavy atom. The number of halogens is 2. The van der Waals surface area contributed by atoms with E-state index in [-0.39, 0.29) is 11.1 Å². The molecule has 0 fully saturated rings. The van der Waals surface area contributed by atoms with Crippen LogP contribution in [0.5, 0.6) is 0 Å². The lowest BCUT2D eigenvalue weighted by Crippen LogP contribution is -2.15. The molecule has 0 spiro atoms. The number of esters is 1. The smallest absolute Gasteiger partial charge is 0.345 e. The fourth-order valence-corrected chi connectivity index (χ4v) is 2.37. The standard InChI is InChI=1S/C16H11F2NO5S/c1-25-10-3-5-14(19(22)23)11(7-10)16(21)24-8-15(20)9-2-4-12(17)13(18)6-9/h2-7H,8H2,1H3. The third-order valence-corrected chi connectivity index (χ3v) is 3.92. The fourth-order valence-electron chi connectivity index (χ4n) is 1.93. The lowest BCUT2D eigenvalue weighted by atomic mass is 10.1. The normalized spacial score (nSPS) is 10.4. The van der Waals surface area contributed by atoms with Crippen LogP contribution in [0.3, 0.4) is 0 Å². The SMILES string of the molecule is CSc1ccc([N+](=O)[O-])c(C(=O)OCC(=O)c2ccc(F)c(F)c2)c1. The number of thioether (sulfide) groups is 1. The van der Waals surface area contributed by atoms with Gasteiger partial charge in [-0.2, -0.15) is 0 Å². The van der Waals surface area contributed by atoms with Crippen LogP contribution in [0.4, 0.5) is 14.5 Å². The molecule has 2 rings (SSSR count). The number of nitro groups is 1. The van der Waals surface area contributed by atoms with Crippen LogP contribution in [0.25, 0.3) is 0 Å². The van der Waals surface area contributed by atoms with E-state index in [1.807, 2.05) is 0 Å². The van der Waals surface area contributed by atoms with Crippen LogP contribution < -0.4 is 0 Å². The van der Waals surface area contributed by atoms with Gasteiger partial charge in [0.2, 0.25) is 0 Å². The van der Waals surface area contributed by atoms with Gasteiger partial charge in [-0.1, -0.05) is 0 Å². The van der Waals surface area contributed by atoms with E-state index in [9.17, 15) is 28.5 Å². The number of rotatable bonds is 6. The molecule has 2 aromatic rings. The fraction of sp³-hybridized carbons (Fsp3) is 0.125. The zero-order chi connectivity index (χ0) is 18.6. The highest BCUT2D eigenvalue weighted by atomic mass is 32.2. The number of hydrogen-bond acceptors (Lipinski definition) is 6. The molecular formula is C16H11F2NO5S. The number of ketones is 1. The summed E-state index contributed by atoms with van der Waals surface area (Å²) in [6.45, 7) is -0.759. The summed E-state index contributed by atoms with van der Waals surface area (Å²) in [6, 6.07) is 6.43. The lowest BCUT2D eigenvalue weighted by molar-refractivity contribution is -0.385. The molecular weight excluding hydrogens is 356 g/mol. The maximum absolute atomic E-state index is 13.1. The van der Waals surface area contributed by atoms with Crippen molar-refractivity contribution < 1.29 is 28.0 Å². The second kappa shape index (κ2) is 7.84. The molecule has 0 amide bonds. The Bertz CT molecular complexity index is 856. The highest BCUT2D eigenvalue weighted by molar-refractivity contribution is 7.98. The van der Waals surface area contributed by atoms with E-state index in [4.69, 9.17) is 4.74 Å². The molecule has 0 aromatic heterocycles. The van der Waals surface area contributed by atoms with Crippen LogP contribution in [0.2, 0.25) is 0 Å². The number of benzene rings is 2. The molecule has 0 saturated heterocycles. The second-order valence-electron chi connectivity index (χ2n) is 4.77. The first-order chi connectivity index (χ1) is 11.8. The lowest BCUT2D eigenvalue weighted by Gasteiger charge is -2.06. The number of carbonyl (C=O) groups is 2. The summed E-state index contributed by atoms with van der Waals surface area (Å²) in [6.07, 6.45) is 1.73. The van der Waals surface area contributed by atoms with Gasteiger partial charge in [-0.3, -0.25) is 14.9 Å². The van der Waals surface area contributed by atoms with E-state index in [0.29, 0.717) is 11.0 Å². The molecule has 0 saturated carbocycles. The monoisotopic (exact) mass is 367 g/mol. The number of nitro benzene ring substituents is 1. The van der Waals surface area contributed by atoms with Gasteiger partial charge in [-0.15, -0.1) is 11.8 Å². The summed E-state index contributed by atoms with van der Waals surface area (Å²) in [5.74, 6) is -4.15. The van der Waals surface area contributed by atoms with Gasteiger partial charge in [0, 0.05) is 16.5 Å². The highest BCUT2D eigenvalue weighted by Crippen LogP contribution is 2.25. The Morgan fingerprint density at radius 3 is 2.48 bits per heavy atom. The Hall–Kier alpha value is -2.81. The van der Waals surface area contributed by atoms with Gasteiger partial charge in [0.05, 0.1) is 4.92 Å². The van der Waals surface area contributed by atoms with E-state index >= 15 is 0 Å². The minimum atomic E-state index is -1.21. The van der Waals surface area contributed by atoms with Crippen molar-refractivity contribution in [2.45, 2.75) is 4.90 Å². The molecule has 0 heterocycles. The van der Waals surface area contributed by atoms with Crippen LogP contribution in [0.15, 0.2) is 41.3 Å². The number of nitrogens with zero attached hydrogens (tertiary/aromatic N) is 1. The van der Waals surface area contributed by atoms with E-state index in [1.54, 1.807) is 6.26 Å². The van der Waals surface area contributed by atoms with Gasteiger partial charge in [0.15, 0.2) is 24.0 Å². The molecule has 0 unspecified atom stereocenters. The second-order valence-corrected chi connectivity index (χ2v) is 5.65. The minimum absolute atomic E-state index is 0.181. The molecule has 0 aliphatic heterocycles. The van der Waals surface area contributed by atoms with Gasteiger partial charge in [-0.25, -0.2) is 13.6 Å². The van der Waals surface area contributed by atoms with Gasteiger partial charge in [-0.05, 0) is 36.6 Å². The van der Waals surface area contributed by atoms with Crippen LogP contribution in [0.1, 0.15) is 20.7 Å². The van der Waals surface area contributed by atoms with Crippen molar-refractivity contribution >= 4 is 29.2 Å². The van der Waals surface area contributed by atoms with Crippen molar-refractivity contribution in [3.63, 3.8) is 0 Å². The Balaban J connectivity index is 2.15. The number of Topliss-reactive ketones (excluding diaryl/α,β-unsaturated/α-hetero) is 1. The first-order valence-electron chi connectivity index (χ1n) is 6.81. The minimum Gasteiger partial charge on any atom is -0.454 e. The molecule has 130 valence electrons. The molecule has 2 aromatic carbocycles. The average Bonchev–Trinajstić information content (AvgIpc) is 2.60. The third-order valence-electron chi connectivity index (χ3n) is 3.20. The summed E-state index contributed by atoms with van der Waals surface area (Å²) in [4.78, 5) is 34.8. The van der Waals surface area contributed by atoms with Crippen molar-refractivity contribution in [3.05, 3.63) is 69.3 Å². The summed E-state index contributed by atoms with van der Waals surface area (Å²) in [5, 5.41) is 11.0. The predicted molar refractivity (Wildman–Crippen MR) is 85.8 cm³/mol. The summed E-state index contributed by atoms with van der Waals surface area (Å²) in [5.41, 5.74) is -0.933. The first kappa shape index (κ1) is 18.5. The zero-order valence-corrected chi connectivity index (χ0v) is 13.6. The van der Waals surface area contributed by atoms with E-state index in [2.05, 4.69) is 0 Å². The van der Waals surface area contributed by atoms with Crippen molar-refractivity contribution in [1.29, 1.82) is 0 Å². The molecule has 25 heavy (non-hydrogen) atoms. The van der Waals surface area contributed by atoms with Crippen molar-refractivity contribution in [3.8, 4) is 0 Å². The summed E-state index contributed by atoms with van der Waals surface area (Å²) >= 11 is 1.27. The molecule has 0 aliphatic carbocycles. The number of carbonyl (C=O) groups excluding carboxylic acids is 2. The van der Waals surface area contributed by atoms with Gasteiger partial charge >= 0.3 is 5.97 Å². The van der Waals surface area contributed by atoms with E-state index < -0.39 is 40.6 Å². The average molecular weight is 367 g/mol. The Kier molecular flexibility index (Phi) is 5.81. The van der Waals surface area contributed by atoms with Crippen molar-refractivity contribution in [2.75, 3.05) is 12.9 Å². The van der Waals surface area contributed by atoms with Crippen LogP contribution >= 0.6 is 11.8 Å². The number of ether oxygens (including phenoxy) is 1. The van der Waals surface area contributed by atoms with Gasteiger partial charge < -0.3 is 4.74 Å². The molecule has 0 N–H and O–H groups in total. The molecule has 0 aliphatic rings. The van der Waals surface area contributed by atoms with Crippen molar-refractivity contribution in [1.82, 2.24) is 0 Å². The largest absolute Gasteiger partial charge is 0.454 e. The van der Waals surface area contributed by atoms with E-state index in [1.165, 1.54) is 30.0 Å². The maximum atomic E-state index is 13.1. The topological polar surface area (TPSA) is 86.5 Å². The van der Waals surface area contributed by atoms with Gasteiger partial charge in [0.25, 0.3) is 5.69 Å².